The van der Waals surface area contributed by atoms with Crippen LogP contribution in [0.25, 0.3) is 0 Å². The van der Waals surface area contributed by atoms with Gasteiger partial charge in [-0.1, -0.05) is 6.58 Å². The van der Waals surface area contributed by atoms with Crippen LogP contribution in [0.3, 0.4) is 0 Å². The van der Waals surface area contributed by atoms with Gasteiger partial charge in [-0.2, -0.15) is 0 Å². The lowest BCUT2D eigenvalue weighted by molar-refractivity contribution is -0.141. The lowest BCUT2D eigenvalue weighted by atomic mass is 10.3. The molecule has 0 unspecified atom stereocenters. The summed E-state index contributed by atoms with van der Waals surface area (Å²) in [6.07, 6.45) is 0.660. The molecule has 0 bridgehead atoms. The molecule has 0 spiro atoms. The molecule has 0 aromatic heterocycles. The van der Waals surface area contributed by atoms with Crippen LogP contribution in [0.15, 0.2) is 12.3 Å². The largest absolute Gasteiger partial charge is 0.512 e. The molecule has 0 aliphatic heterocycles. The van der Waals surface area contributed by atoms with Gasteiger partial charge in [0, 0.05) is 40.5 Å². The molecule has 0 aliphatic carbocycles. The van der Waals surface area contributed by atoms with Crippen LogP contribution in [-0.4, -0.2) is 106 Å². The summed E-state index contributed by atoms with van der Waals surface area (Å²) in [5.41, 5.74) is 0. The van der Waals surface area contributed by atoms with E-state index in [-0.39, 0.29) is 31.9 Å². The van der Waals surface area contributed by atoms with Crippen LogP contribution in [0.4, 0.5) is 0 Å². The number of carboxylic acid groups (broad SMARTS) is 2. The Bertz CT molecular complexity index is 435. The number of rotatable bonds is 16. The molecule has 0 rings (SSSR count). The Morgan fingerprint density at radius 3 is 1.69 bits per heavy atom. The minimum atomic E-state index is -2.69. The average molecular weight is 394 g/mol. The highest BCUT2D eigenvalue weighted by atomic mass is 28.4. The van der Waals surface area contributed by atoms with E-state index in [1.165, 1.54) is 26.2 Å². The first-order valence-electron chi connectivity index (χ1n) is 8.08. The third kappa shape index (κ3) is 10.5. The average Bonchev–Trinajstić information content (AvgIpc) is 2.55. The van der Waals surface area contributed by atoms with Gasteiger partial charge in [-0.05, 0) is 13.0 Å². The van der Waals surface area contributed by atoms with Crippen molar-refractivity contribution in [2.24, 2.45) is 0 Å². The van der Waals surface area contributed by atoms with Crippen molar-refractivity contribution in [1.82, 2.24) is 9.80 Å². The lowest BCUT2D eigenvalue weighted by Gasteiger charge is -2.28. The highest BCUT2D eigenvalue weighted by Gasteiger charge is 2.37. The first kappa shape index (κ1) is 24.5. The zero-order valence-corrected chi connectivity index (χ0v) is 16.6. The van der Waals surface area contributed by atoms with Gasteiger partial charge in [-0.25, -0.2) is 0 Å². The van der Waals surface area contributed by atoms with E-state index in [4.69, 9.17) is 23.5 Å². The van der Waals surface area contributed by atoms with Gasteiger partial charge >= 0.3 is 20.7 Å². The van der Waals surface area contributed by atoms with Gasteiger partial charge in [0.05, 0.1) is 25.4 Å². The van der Waals surface area contributed by atoms with E-state index >= 15 is 0 Å². The zero-order chi connectivity index (χ0) is 20.2. The Labute approximate surface area is 154 Å². The van der Waals surface area contributed by atoms with E-state index in [9.17, 15) is 14.7 Å². The van der Waals surface area contributed by atoms with Crippen LogP contribution in [-0.2, 0) is 22.9 Å². The fourth-order valence-electron chi connectivity index (χ4n) is 2.48. The Kier molecular flexibility index (Phi) is 12.0. The fraction of sp³-hybridized carbons (Fsp3) is 0.733. The normalized spacial score (nSPS) is 11.9. The van der Waals surface area contributed by atoms with Gasteiger partial charge < -0.3 is 28.6 Å². The summed E-state index contributed by atoms with van der Waals surface area (Å²) in [5.74, 6) is -2.22. The molecule has 0 aromatic rings. The van der Waals surface area contributed by atoms with E-state index in [1.807, 2.05) is 4.90 Å². The Morgan fingerprint density at radius 2 is 1.31 bits per heavy atom. The smallest absolute Gasteiger partial charge is 0.500 e. The van der Waals surface area contributed by atoms with Crippen molar-refractivity contribution in [1.29, 1.82) is 0 Å². The number of nitrogens with zero attached hydrogens (tertiary/aromatic N) is 2. The van der Waals surface area contributed by atoms with Crippen molar-refractivity contribution in [2.45, 2.75) is 12.5 Å². The molecule has 0 aliphatic rings. The molecule has 152 valence electrons. The van der Waals surface area contributed by atoms with E-state index in [1.54, 1.807) is 0 Å². The molecule has 0 fully saturated rings. The molecular formula is C15H30N2O8Si. The maximum Gasteiger partial charge on any atom is 0.500 e. The van der Waals surface area contributed by atoms with Crippen LogP contribution in [0.5, 0.6) is 0 Å². The molecule has 26 heavy (non-hydrogen) atoms. The number of carbonyl (C=O) groups is 2. The monoisotopic (exact) mass is 394 g/mol. The molecule has 0 radical (unpaired) electrons. The number of hydrogen-bond donors (Lipinski definition) is 3. The summed E-state index contributed by atoms with van der Waals surface area (Å²) >= 11 is 0. The summed E-state index contributed by atoms with van der Waals surface area (Å²) in [5, 5.41) is 27.2. The predicted molar refractivity (Wildman–Crippen MR) is 96.1 cm³/mol. The van der Waals surface area contributed by atoms with Crippen LogP contribution >= 0.6 is 0 Å². The quantitative estimate of drug-likeness (QED) is 0.245. The number of aliphatic hydroxyl groups is 1. The molecule has 0 saturated carbocycles. The second-order valence-electron chi connectivity index (χ2n) is 5.74. The first-order valence-corrected chi connectivity index (χ1v) is 10.0. The molecule has 0 saturated heterocycles. The second kappa shape index (κ2) is 12.8. The minimum absolute atomic E-state index is 0.0262. The fourth-order valence-corrected chi connectivity index (χ4v) is 4.19. The highest BCUT2D eigenvalue weighted by Crippen LogP contribution is 2.15. The van der Waals surface area contributed by atoms with E-state index in [0.29, 0.717) is 25.6 Å². The first-order chi connectivity index (χ1) is 12.2. The van der Waals surface area contributed by atoms with Crippen molar-refractivity contribution in [3.05, 3.63) is 12.3 Å². The molecule has 0 amide bonds. The number of hydrogen-bond acceptors (Lipinski definition) is 8. The van der Waals surface area contributed by atoms with Crippen LogP contribution < -0.4 is 0 Å². The second-order valence-corrected chi connectivity index (χ2v) is 8.83. The van der Waals surface area contributed by atoms with E-state index in [0.717, 1.165) is 0 Å². The van der Waals surface area contributed by atoms with Gasteiger partial charge in [-0.15, -0.1) is 0 Å². The Hall–Kier alpha value is -1.50. The van der Waals surface area contributed by atoms with Gasteiger partial charge in [0.25, 0.3) is 0 Å². The predicted octanol–water partition coefficient (Wildman–Crippen LogP) is 0.0995. The van der Waals surface area contributed by atoms with Crippen LogP contribution in [0.1, 0.15) is 6.42 Å². The van der Waals surface area contributed by atoms with Crippen molar-refractivity contribution >= 4 is 20.7 Å². The van der Waals surface area contributed by atoms with Crippen LogP contribution in [0.2, 0.25) is 6.04 Å². The zero-order valence-electron chi connectivity index (χ0n) is 15.6. The molecule has 0 heterocycles. The van der Waals surface area contributed by atoms with Crippen molar-refractivity contribution in [2.75, 3.05) is 60.6 Å². The summed E-state index contributed by atoms with van der Waals surface area (Å²) < 4.78 is 16.1. The molecule has 10 nitrogen and oxygen atoms in total. The third-order valence-corrected chi connectivity index (χ3v) is 6.58. The lowest BCUT2D eigenvalue weighted by Crippen LogP contribution is -2.44. The number of aliphatic hydroxyl groups excluding tert-OH is 1. The van der Waals surface area contributed by atoms with Crippen molar-refractivity contribution in [3.8, 4) is 0 Å². The van der Waals surface area contributed by atoms with E-state index < -0.39 is 20.7 Å². The van der Waals surface area contributed by atoms with Crippen molar-refractivity contribution < 1.29 is 38.2 Å². The molecule has 3 N–H and O–H groups in total. The molecule has 0 aromatic carbocycles. The maximum atomic E-state index is 10.9. The molecule has 11 heteroatoms. The maximum absolute atomic E-state index is 10.9. The SMILES string of the molecule is C=C(O)CN(CCC[Si](OC)(OC)OC)CCN(CC(=O)O)CC(=O)O. The summed E-state index contributed by atoms with van der Waals surface area (Å²) in [6, 6.07) is 0.568. The van der Waals surface area contributed by atoms with Gasteiger partial charge in [-0.3, -0.25) is 19.4 Å². The van der Waals surface area contributed by atoms with Gasteiger partial charge in [0.2, 0.25) is 0 Å². The van der Waals surface area contributed by atoms with Gasteiger partial charge in [0.15, 0.2) is 0 Å². The Morgan fingerprint density at radius 1 is 0.846 bits per heavy atom. The highest BCUT2D eigenvalue weighted by molar-refractivity contribution is 6.60. The third-order valence-electron chi connectivity index (χ3n) is 3.75. The van der Waals surface area contributed by atoms with Crippen molar-refractivity contribution in [3.63, 3.8) is 0 Å². The van der Waals surface area contributed by atoms with Gasteiger partial charge in [0.1, 0.15) is 0 Å². The Balaban J connectivity index is 4.69. The number of carboxylic acids is 2. The summed E-state index contributed by atoms with van der Waals surface area (Å²) in [6.45, 7) is 4.10. The topological polar surface area (TPSA) is 129 Å². The molecule has 0 atom stereocenters. The summed E-state index contributed by atoms with van der Waals surface area (Å²) in [7, 11) is 1.90. The number of aliphatic carboxylic acids is 2. The van der Waals surface area contributed by atoms with E-state index in [2.05, 4.69) is 6.58 Å². The summed E-state index contributed by atoms with van der Waals surface area (Å²) in [4.78, 5) is 24.9. The standard InChI is InChI=1S/C15H30N2O8Si/c1-13(18)10-16(6-5-9-26(23-2,24-3)25-4)7-8-17(11-14(19)20)12-15(21)22/h18H,1,5-12H2,2-4H3,(H,19,20)(H,21,22). The minimum Gasteiger partial charge on any atom is -0.512 e. The van der Waals surface area contributed by atoms with Crippen LogP contribution in [0, 0.1) is 0 Å². The molecular weight excluding hydrogens is 364 g/mol.